The summed E-state index contributed by atoms with van der Waals surface area (Å²) in [5.41, 5.74) is -0.183. The molecule has 0 amide bonds. The van der Waals surface area contributed by atoms with Crippen LogP contribution in [-0.4, -0.2) is 33.1 Å². The maximum absolute atomic E-state index is 12.2. The van der Waals surface area contributed by atoms with Gasteiger partial charge in [-0.3, -0.25) is 10.1 Å². The fourth-order valence-corrected chi connectivity index (χ4v) is 5.64. The minimum Gasteiger partial charge on any atom is -0.326 e. The molecule has 0 bridgehead atoms. The molecule has 0 aliphatic rings. The molecule has 0 aromatic heterocycles. The van der Waals surface area contributed by atoms with Gasteiger partial charge < -0.3 is 9.05 Å². The van der Waals surface area contributed by atoms with Crippen molar-refractivity contribution >= 4 is 39.3 Å². The van der Waals surface area contributed by atoms with Gasteiger partial charge in [0.2, 0.25) is 16.5 Å². The van der Waals surface area contributed by atoms with Crippen molar-refractivity contribution in [1.82, 2.24) is 4.72 Å². The summed E-state index contributed by atoms with van der Waals surface area (Å²) in [5, 5.41) is 11.4. The van der Waals surface area contributed by atoms with Gasteiger partial charge in [-0.05, 0) is 43.0 Å². The molecule has 0 spiro atoms. The van der Waals surface area contributed by atoms with E-state index < -0.39 is 21.4 Å². The standard InChI is InChI=1S/C16H19N2O6PS2/c1-2-23-25(26,15-6-4-3-5-7-15)24-13-12-17-27(21,22)16-10-8-14(9-11-16)18(19)20/h3-11,17H,2,12-13H2,1H3. The molecule has 0 radical (unpaired) electrons. The summed E-state index contributed by atoms with van der Waals surface area (Å²) in [4.78, 5) is 9.98. The van der Waals surface area contributed by atoms with E-state index >= 15 is 0 Å². The lowest BCUT2D eigenvalue weighted by molar-refractivity contribution is -0.384. The van der Waals surface area contributed by atoms with E-state index in [-0.39, 0.29) is 23.7 Å². The Labute approximate surface area is 162 Å². The zero-order valence-electron chi connectivity index (χ0n) is 14.5. The molecule has 2 rings (SSSR count). The largest absolute Gasteiger partial charge is 0.326 e. The summed E-state index contributed by atoms with van der Waals surface area (Å²) < 4.78 is 38.2. The number of hydrogen-bond donors (Lipinski definition) is 1. The van der Waals surface area contributed by atoms with Crippen LogP contribution in [0.3, 0.4) is 0 Å². The minimum atomic E-state index is -3.81. The highest BCUT2D eigenvalue weighted by molar-refractivity contribution is 8.13. The molecule has 27 heavy (non-hydrogen) atoms. The third-order valence-corrected chi connectivity index (χ3v) is 8.18. The van der Waals surface area contributed by atoms with Crippen molar-refractivity contribution in [1.29, 1.82) is 0 Å². The lowest BCUT2D eigenvalue weighted by Crippen LogP contribution is -2.27. The number of nitrogens with zero attached hydrogens (tertiary/aromatic N) is 1. The molecule has 11 heteroatoms. The Morgan fingerprint density at radius 3 is 2.30 bits per heavy atom. The third kappa shape index (κ3) is 5.90. The van der Waals surface area contributed by atoms with Crippen molar-refractivity contribution in [2.75, 3.05) is 19.8 Å². The number of non-ortho nitro benzene ring substituents is 1. The molecule has 2 aromatic carbocycles. The predicted octanol–water partition coefficient (Wildman–Crippen LogP) is 2.56. The van der Waals surface area contributed by atoms with Gasteiger partial charge in [-0.2, -0.15) is 0 Å². The van der Waals surface area contributed by atoms with Crippen LogP contribution >= 0.6 is 6.49 Å². The molecular weight excluding hydrogens is 411 g/mol. The lowest BCUT2D eigenvalue weighted by Gasteiger charge is -2.22. The van der Waals surface area contributed by atoms with E-state index in [2.05, 4.69) is 4.72 Å². The van der Waals surface area contributed by atoms with Crippen LogP contribution in [0.25, 0.3) is 0 Å². The van der Waals surface area contributed by atoms with Crippen LogP contribution in [0, 0.1) is 10.1 Å². The molecule has 0 saturated carbocycles. The second-order valence-corrected chi connectivity index (χ2v) is 10.5. The summed E-state index contributed by atoms with van der Waals surface area (Å²) in [6, 6.07) is 13.8. The summed E-state index contributed by atoms with van der Waals surface area (Å²) in [6.45, 7) is -0.524. The van der Waals surface area contributed by atoms with Gasteiger partial charge >= 0.3 is 0 Å². The molecule has 0 fully saturated rings. The SMILES string of the molecule is CCOP(=S)(OCCNS(=O)(=O)c1ccc([N+](=O)[O-])cc1)c1ccccc1. The van der Waals surface area contributed by atoms with Crippen LogP contribution in [0.1, 0.15) is 6.92 Å². The molecule has 0 aliphatic carbocycles. The Bertz CT molecular complexity index is 920. The van der Waals surface area contributed by atoms with Gasteiger partial charge in [0.05, 0.1) is 23.0 Å². The molecular formula is C16H19N2O6PS2. The number of benzene rings is 2. The fraction of sp³-hybridized carbons (Fsp3) is 0.250. The zero-order valence-corrected chi connectivity index (χ0v) is 17.0. The number of nitro benzene ring substituents is 1. The van der Waals surface area contributed by atoms with Crippen LogP contribution in [0.15, 0.2) is 59.5 Å². The quantitative estimate of drug-likeness (QED) is 0.267. The van der Waals surface area contributed by atoms with E-state index in [0.717, 1.165) is 17.4 Å². The van der Waals surface area contributed by atoms with E-state index in [1.54, 1.807) is 0 Å². The smallest absolute Gasteiger partial charge is 0.269 e. The minimum absolute atomic E-state index is 0.0163. The monoisotopic (exact) mass is 430 g/mol. The van der Waals surface area contributed by atoms with Crippen molar-refractivity contribution in [3.8, 4) is 0 Å². The molecule has 2 aromatic rings. The highest BCUT2D eigenvalue weighted by Gasteiger charge is 2.22. The maximum Gasteiger partial charge on any atom is 0.269 e. The average Bonchev–Trinajstić information content (AvgIpc) is 2.66. The first kappa shape index (κ1) is 21.6. The lowest BCUT2D eigenvalue weighted by atomic mass is 10.3. The van der Waals surface area contributed by atoms with Crippen LogP contribution < -0.4 is 10.0 Å². The Morgan fingerprint density at radius 2 is 1.74 bits per heavy atom. The second kappa shape index (κ2) is 9.50. The highest BCUT2D eigenvalue weighted by Crippen LogP contribution is 2.47. The van der Waals surface area contributed by atoms with Crippen molar-refractivity contribution in [3.05, 3.63) is 64.7 Å². The molecule has 0 saturated heterocycles. The fourth-order valence-electron chi connectivity index (χ4n) is 2.14. The molecule has 1 unspecified atom stereocenters. The van der Waals surface area contributed by atoms with Gasteiger partial charge in [-0.1, -0.05) is 18.2 Å². The second-order valence-electron chi connectivity index (χ2n) is 5.23. The number of nitro groups is 1. The topological polar surface area (TPSA) is 108 Å². The highest BCUT2D eigenvalue weighted by atomic mass is 32.5. The van der Waals surface area contributed by atoms with E-state index in [4.69, 9.17) is 20.9 Å². The first-order valence-corrected chi connectivity index (χ1v) is 12.1. The van der Waals surface area contributed by atoms with Crippen LogP contribution in [0.2, 0.25) is 0 Å². The maximum atomic E-state index is 12.2. The Morgan fingerprint density at radius 1 is 1.11 bits per heavy atom. The molecule has 8 nitrogen and oxygen atoms in total. The molecule has 1 N–H and O–H groups in total. The van der Waals surface area contributed by atoms with Gasteiger partial charge in [-0.15, -0.1) is 0 Å². The summed E-state index contributed by atoms with van der Waals surface area (Å²) in [5.74, 6) is 0. The average molecular weight is 430 g/mol. The molecule has 1 atom stereocenters. The normalized spacial score (nSPS) is 13.8. The van der Waals surface area contributed by atoms with Crippen LogP contribution in [-0.2, 0) is 30.9 Å². The summed E-state index contributed by atoms with van der Waals surface area (Å²) >= 11 is 5.53. The van der Waals surface area contributed by atoms with Gasteiger partial charge in [0.15, 0.2) is 0 Å². The Kier molecular flexibility index (Phi) is 7.60. The number of nitrogens with one attached hydrogen (secondary N) is 1. The van der Waals surface area contributed by atoms with Gasteiger partial charge in [0, 0.05) is 24.0 Å². The van der Waals surface area contributed by atoms with Gasteiger partial charge in [0.1, 0.15) is 0 Å². The molecule has 0 aliphatic heterocycles. The summed E-state index contributed by atoms with van der Waals surface area (Å²) in [6.07, 6.45) is 0. The van der Waals surface area contributed by atoms with Gasteiger partial charge in [-0.25, -0.2) is 13.1 Å². The first-order valence-electron chi connectivity index (χ1n) is 7.97. The van der Waals surface area contributed by atoms with E-state index in [0.29, 0.717) is 6.61 Å². The van der Waals surface area contributed by atoms with Crippen molar-refractivity contribution in [2.24, 2.45) is 0 Å². The van der Waals surface area contributed by atoms with Crippen molar-refractivity contribution in [2.45, 2.75) is 11.8 Å². The van der Waals surface area contributed by atoms with Crippen molar-refractivity contribution in [3.63, 3.8) is 0 Å². The summed E-state index contributed by atoms with van der Waals surface area (Å²) in [7, 11) is -3.81. The Hall–Kier alpha value is -1.68. The number of rotatable bonds is 10. The van der Waals surface area contributed by atoms with E-state index in [9.17, 15) is 18.5 Å². The van der Waals surface area contributed by atoms with E-state index in [1.807, 2.05) is 37.3 Å². The van der Waals surface area contributed by atoms with Crippen molar-refractivity contribution < 1.29 is 22.4 Å². The van der Waals surface area contributed by atoms with Crippen LogP contribution in [0.5, 0.6) is 0 Å². The molecule has 0 heterocycles. The Balaban J connectivity index is 1.97. The zero-order chi connectivity index (χ0) is 19.9. The number of sulfonamides is 1. The first-order chi connectivity index (χ1) is 12.8. The van der Waals surface area contributed by atoms with E-state index in [1.165, 1.54) is 12.1 Å². The number of hydrogen-bond acceptors (Lipinski definition) is 7. The van der Waals surface area contributed by atoms with Crippen LogP contribution in [0.4, 0.5) is 5.69 Å². The van der Waals surface area contributed by atoms with Gasteiger partial charge in [0.25, 0.3) is 5.69 Å². The molecule has 146 valence electrons. The predicted molar refractivity (Wildman–Crippen MR) is 106 cm³/mol. The third-order valence-electron chi connectivity index (χ3n) is 3.38.